The molecule has 0 radical (unpaired) electrons. The molecule has 0 bridgehead atoms. The molecule has 1 heteroatoms. The van der Waals surface area contributed by atoms with Gasteiger partial charge < -0.3 is 0 Å². The molecule has 0 heterocycles. The fourth-order valence-corrected chi connectivity index (χ4v) is 3.49. The quantitative estimate of drug-likeness (QED) is 0.469. The van der Waals surface area contributed by atoms with Gasteiger partial charge in [0.05, 0.1) is 0 Å². The minimum atomic E-state index is 0.893. The zero-order valence-electron chi connectivity index (χ0n) is 10.6. The lowest BCUT2D eigenvalue weighted by Gasteiger charge is -2.21. The lowest BCUT2D eigenvalue weighted by molar-refractivity contribution is 0.302. The highest BCUT2D eigenvalue weighted by atomic mass is 127. The molecule has 0 aromatic rings. The van der Waals surface area contributed by atoms with Crippen molar-refractivity contribution in [2.75, 3.05) is 0 Å². The summed E-state index contributed by atoms with van der Waals surface area (Å²) in [6.07, 6.45) is 10.2. The molecule has 3 atom stereocenters. The van der Waals surface area contributed by atoms with E-state index in [-0.39, 0.29) is 0 Å². The van der Waals surface area contributed by atoms with Gasteiger partial charge in [-0.15, -0.1) is 0 Å². The molecule has 0 aromatic heterocycles. The van der Waals surface area contributed by atoms with Crippen molar-refractivity contribution < 1.29 is 0 Å². The standard InChI is InChI=1S/C14H27I/c1-4-12-5-7-13(11(2)3)8-10-14(15)9-6-12/h11-14H,4-10H2,1-3H3/t12?,13-,14+/m1/s1. The summed E-state index contributed by atoms with van der Waals surface area (Å²) in [6.45, 7) is 7.19. The molecule has 0 spiro atoms. The largest absolute Gasteiger partial charge is 0.0826 e. The van der Waals surface area contributed by atoms with Crippen LogP contribution in [0.4, 0.5) is 0 Å². The lowest BCUT2D eigenvalue weighted by Crippen LogP contribution is -2.10. The van der Waals surface area contributed by atoms with E-state index in [2.05, 4.69) is 43.4 Å². The van der Waals surface area contributed by atoms with Gasteiger partial charge in [0.2, 0.25) is 0 Å². The van der Waals surface area contributed by atoms with Crippen LogP contribution >= 0.6 is 22.6 Å². The smallest absolute Gasteiger partial charge is 0.0110 e. The van der Waals surface area contributed by atoms with Gasteiger partial charge in [-0.2, -0.15) is 0 Å². The summed E-state index contributed by atoms with van der Waals surface area (Å²) in [6, 6.07) is 0. The highest BCUT2D eigenvalue weighted by molar-refractivity contribution is 14.1. The van der Waals surface area contributed by atoms with E-state index in [1.165, 1.54) is 44.9 Å². The Hall–Kier alpha value is 0.730. The van der Waals surface area contributed by atoms with Gasteiger partial charge in [-0.25, -0.2) is 0 Å². The normalized spacial score (nSPS) is 34.6. The monoisotopic (exact) mass is 322 g/mol. The SMILES string of the molecule is CCC1CC[C@H](I)CC[C@H](C(C)C)CC1. The molecule has 0 saturated heterocycles. The Morgan fingerprint density at radius 3 is 2.13 bits per heavy atom. The Morgan fingerprint density at radius 1 is 1.00 bits per heavy atom. The van der Waals surface area contributed by atoms with E-state index < -0.39 is 0 Å². The van der Waals surface area contributed by atoms with E-state index in [1.807, 2.05) is 0 Å². The van der Waals surface area contributed by atoms with Crippen LogP contribution in [0.15, 0.2) is 0 Å². The molecule has 0 N–H and O–H groups in total. The van der Waals surface area contributed by atoms with Crippen molar-refractivity contribution in [1.82, 2.24) is 0 Å². The van der Waals surface area contributed by atoms with Crippen LogP contribution in [0.3, 0.4) is 0 Å². The molecule has 0 nitrogen and oxygen atoms in total. The van der Waals surface area contributed by atoms with E-state index >= 15 is 0 Å². The molecule has 1 aliphatic rings. The third-order valence-corrected chi connectivity index (χ3v) is 5.45. The fraction of sp³-hybridized carbons (Fsp3) is 1.00. The maximum atomic E-state index is 2.68. The van der Waals surface area contributed by atoms with Gasteiger partial charge in [-0.05, 0) is 49.9 Å². The number of alkyl halides is 1. The van der Waals surface area contributed by atoms with Crippen molar-refractivity contribution in [2.45, 2.75) is 69.6 Å². The topological polar surface area (TPSA) is 0 Å². The molecular weight excluding hydrogens is 295 g/mol. The molecule has 1 unspecified atom stereocenters. The zero-order valence-corrected chi connectivity index (χ0v) is 12.8. The molecule has 0 amide bonds. The Morgan fingerprint density at radius 2 is 1.53 bits per heavy atom. The van der Waals surface area contributed by atoms with Gasteiger partial charge in [-0.1, -0.05) is 56.2 Å². The van der Waals surface area contributed by atoms with E-state index in [4.69, 9.17) is 0 Å². The van der Waals surface area contributed by atoms with E-state index in [9.17, 15) is 0 Å². The highest BCUT2D eigenvalue weighted by Crippen LogP contribution is 2.33. The summed E-state index contributed by atoms with van der Waals surface area (Å²) in [5, 5.41) is 0. The summed E-state index contributed by atoms with van der Waals surface area (Å²) in [7, 11) is 0. The Bertz CT molecular complexity index is 165. The lowest BCUT2D eigenvalue weighted by atomic mass is 9.85. The molecule has 1 rings (SSSR count). The number of rotatable bonds is 2. The number of halogens is 1. The molecule has 15 heavy (non-hydrogen) atoms. The molecule has 1 aliphatic carbocycles. The third kappa shape index (κ3) is 5.06. The van der Waals surface area contributed by atoms with Gasteiger partial charge in [0, 0.05) is 3.92 Å². The minimum absolute atomic E-state index is 0.893. The number of hydrogen-bond donors (Lipinski definition) is 0. The summed E-state index contributed by atoms with van der Waals surface area (Å²) < 4.78 is 0.941. The van der Waals surface area contributed by atoms with Gasteiger partial charge >= 0.3 is 0 Å². The third-order valence-electron chi connectivity index (χ3n) is 4.20. The fourth-order valence-electron chi connectivity index (χ4n) is 2.77. The van der Waals surface area contributed by atoms with Crippen LogP contribution in [0.25, 0.3) is 0 Å². The summed E-state index contributed by atoms with van der Waals surface area (Å²) in [5.41, 5.74) is 0. The second-order valence-corrected chi connectivity index (χ2v) is 7.37. The van der Waals surface area contributed by atoms with Crippen molar-refractivity contribution in [3.8, 4) is 0 Å². The summed E-state index contributed by atoms with van der Waals surface area (Å²) in [5.74, 6) is 2.90. The summed E-state index contributed by atoms with van der Waals surface area (Å²) >= 11 is 2.68. The predicted octanol–water partition coefficient (Wildman–Crippen LogP) is 5.44. The summed E-state index contributed by atoms with van der Waals surface area (Å²) in [4.78, 5) is 0. The predicted molar refractivity (Wildman–Crippen MR) is 77.6 cm³/mol. The first kappa shape index (κ1) is 13.8. The van der Waals surface area contributed by atoms with Gasteiger partial charge in [0.1, 0.15) is 0 Å². The van der Waals surface area contributed by atoms with Crippen molar-refractivity contribution in [2.24, 2.45) is 17.8 Å². The van der Waals surface area contributed by atoms with Crippen LogP contribution < -0.4 is 0 Å². The first-order valence-electron chi connectivity index (χ1n) is 6.77. The van der Waals surface area contributed by atoms with Gasteiger partial charge in [0.15, 0.2) is 0 Å². The second kappa shape index (κ2) is 7.13. The van der Waals surface area contributed by atoms with Crippen LogP contribution in [0, 0.1) is 17.8 Å². The van der Waals surface area contributed by atoms with Crippen LogP contribution in [0.5, 0.6) is 0 Å². The van der Waals surface area contributed by atoms with E-state index in [0.29, 0.717) is 0 Å². The van der Waals surface area contributed by atoms with Crippen LogP contribution in [-0.4, -0.2) is 3.92 Å². The molecule has 90 valence electrons. The van der Waals surface area contributed by atoms with Crippen LogP contribution in [0.2, 0.25) is 0 Å². The zero-order chi connectivity index (χ0) is 11.3. The minimum Gasteiger partial charge on any atom is -0.0826 e. The maximum absolute atomic E-state index is 2.68. The Balaban J connectivity index is 2.50. The average molecular weight is 322 g/mol. The number of hydrogen-bond acceptors (Lipinski definition) is 0. The molecule has 0 aliphatic heterocycles. The van der Waals surface area contributed by atoms with Gasteiger partial charge in [-0.3, -0.25) is 0 Å². The van der Waals surface area contributed by atoms with Crippen LogP contribution in [0.1, 0.15) is 65.7 Å². The van der Waals surface area contributed by atoms with E-state index in [1.54, 1.807) is 0 Å². The van der Waals surface area contributed by atoms with Crippen LogP contribution in [-0.2, 0) is 0 Å². The second-order valence-electron chi connectivity index (χ2n) is 5.61. The van der Waals surface area contributed by atoms with E-state index in [0.717, 1.165) is 21.7 Å². The van der Waals surface area contributed by atoms with Crippen molar-refractivity contribution in [1.29, 1.82) is 0 Å². The van der Waals surface area contributed by atoms with Crippen molar-refractivity contribution >= 4 is 22.6 Å². The Labute approximate surface area is 110 Å². The van der Waals surface area contributed by atoms with Crippen molar-refractivity contribution in [3.05, 3.63) is 0 Å². The highest BCUT2D eigenvalue weighted by Gasteiger charge is 2.20. The Kier molecular flexibility index (Phi) is 6.56. The first-order chi connectivity index (χ1) is 7.13. The van der Waals surface area contributed by atoms with Crippen molar-refractivity contribution in [3.63, 3.8) is 0 Å². The maximum Gasteiger partial charge on any atom is 0.0110 e. The first-order valence-corrected chi connectivity index (χ1v) is 8.02. The van der Waals surface area contributed by atoms with Gasteiger partial charge in [0.25, 0.3) is 0 Å². The molecular formula is C14H27I. The average Bonchev–Trinajstić information content (AvgIpc) is 2.29. The molecule has 1 saturated carbocycles. The molecule has 0 aromatic carbocycles. The molecule has 1 fully saturated rings.